The van der Waals surface area contributed by atoms with Crippen LogP contribution in [0.3, 0.4) is 0 Å². The third kappa shape index (κ3) is 5.13. The summed E-state index contributed by atoms with van der Waals surface area (Å²) in [5.74, 6) is 1.68. The zero-order chi connectivity index (χ0) is 18.7. The lowest BCUT2D eigenvalue weighted by Crippen LogP contribution is -2.17. The Morgan fingerprint density at radius 2 is 1.85 bits per heavy atom. The van der Waals surface area contributed by atoms with Crippen molar-refractivity contribution in [3.05, 3.63) is 33.9 Å². The highest BCUT2D eigenvalue weighted by atomic mass is 35.5. The molecule has 1 aliphatic carbocycles. The summed E-state index contributed by atoms with van der Waals surface area (Å²) in [7, 11) is 4.11. The van der Waals surface area contributed by atoms with E-state index in [9.17, 15) is 5.11 Å². The SMILES string of the molecule is CN(C)CCCNc1nc(Nc2cc(Cl)c(O)c(Cl)c2)cc(C2CC2)n1. The second kappa shape index (κ2) is 8.29. The van der Waals surface area contributed by atoms with E-state index >= 15 is 0 Å². The molecule has 3 rings (SSSR count). The Labute approximate surface area is 163 Å². The quantitative estimate of drug-likeness (QED) is 0.452. The molecule has 0 unspecified atom stereocenters. The van der Waals surface area contributed by atoms with E-state index in [1.54, 1.807) is 12.1 Å². The minimum atomic E-state index is -0.122. The van der Waals surface area contributed by atoms with Gasteiger partial charge < -0.3 is 20.6 Å². The summed E-state index contributed by atoms with van der Waals surface area (Å²) in [6, 6.07) is 5.19. The molecule has 0 saturated heterocycles. The van der Waals surface area contributed by atoms with Crippen LogP contribution in [-0.2, 0) is 0 Å². The number of nitrogens with one attached hydrogen (secondary N) is 2. The summed E-state index contributed by atoms with van der Waals surface area (Å²) in [5.41, 5.74) is 1.70. The number of anilines is 3. The maximum absolute atomic E-state index is 9.69. The first kappa shape index (κ1) is 19.0. The molecule has 1 heterocycles. The Kier molecular flexibility index (Phi) is 6.06. The van der Waals surface area contributed by atoms with Crippen molar-refractivity contribution in [1.82, 2.24) is 14.9 Å². The summed E-state index contributed by atoms with van der Waals surface area (Å²) in [6.07, 6.45) is 3.33. The van der Waals surface area contributed by atoms with Crippen LogP contribution >= 0.6 is 23.2 Å². The van der Waals surface area contributed by atoms with E-state index < -0.39 is 0 Å². The number of phenols is 1. The number of aromatic nitrogens is 2. The number of aromatic hydroxyl groups is 1. The van der Waals surface area contributed by atoms with Crippen LogP contribution in [0, 0.1) is 0 Å². The van der Waals surface area contributed by atoms with Crippen LogP contribution in [0.5, 0.6) is 5.75 Å². The molecule has 1 aliphatic rings. The van der Waals surface area contributed by atoms with Crippen LogP contribution in [0.1, 0.15) is 30.9 Å². The molecule has 140 valence electrons. The summed E-state index contributed by atoms with van der Waals surface area (Å²) >= 11 is 12.0. The van der Waals surface area contributed by atoms with Gasteiger partial charge in [0.25, 0.3) is 0 Å². The van der Waals surface area contributed by atoms with Gasteiger partial charge in [0.15, 0.2) is 5.75 Å². The zero-order valence-electron chi connectivity index (χ0n) is 14.9. The molecule has 0 radical (unpaired) electrons. The minimum absolute atomic E-state index is 0.122. The van der Waals surface area contributed by atoms with Crippen LogP contribution in [0.15, 0.2) is 18.2 Å². The molecule has 0 atom stereocenters. The molecule has 8 heteroatoms. The predicted octanol–water partition coefficient (Wildman–Crippen LogP) is 4.47. The van der Waals surface area contributed by atoms with Gasteiger partial charge in [0.05, 0.1) is 15.7 Å². The average Bonchev–Trinajstić information content (AvgIpc) is 3.41. The third-order valence-electron chi connectivity index (χ3n) is 4.10. The predicted molar refractivity (Wildman–Crippen MR) is 107 cm³/mol. The average molecular weight is 396 g/mol. The molecule has 0 spiro atoms. The topological polar surface area (TPSA) is 73.3 Å². The first-order valence-corrected chi connectivity index (χ1v) is 9.40. The standard InChI is InChI=1S/C18H23Cl2N5O/c1-25(2)7-3-6-21-18-23-15(11-4-5-11)10-16(24-18)22-12-8-13(19)17(26)14(20)9-12/h8-11,26H,3-7H2,1-2H3,(H2,21,22,23,24). The fourth-order valence-corrected chi connectivity index (χ4v) is 3.07. The molecule has 0 aliphatic heterocycles. The van der Waals surface area contributed by atoms with Crippen molar-refractivity contribution in [2.75, 3.05) is 37.8 Å². The summed E-state index contributed by atoms with van der Waals surface area (Å²) in [4.78, 5) is 11.3. The molecule has 1 fully saturated rings. The molecule has 1 saturated carbocycles. The monoisotopic (exact) mass is 395 g/mol. The number of phenolic OH excluding ortho intramolecular Hbond substituents is 1. The lowest BCUT2D eigenvalue weighted by Gasteiger charge is -2.13. The van der Waals surface area contributed by atoms with Gasteiger partial charge in [-0.25, -0.2) is 4.98 Å². The van der Waals surface area contributed by atoms with Crippen molar-refractivity contribution in [2.45, 2.75) is 25.2 Å². The first-order valence-electron chi connectivity index (χ1n) is 8.65. The molecule has 1 aromatic carbocycles. The zero-order valence-corrected chi connectivity index (χ0v) is 16.4. The lowest BCUT2D eigenvalue weighted by atomic mass is 10.2. The summed E-state index contributed by atoms with van der Waals surface area (Å²) < 4.78 is 0. The lowest BCUT2D eigenvalue weighted by molar-refractivity contribution is 0.405. The highest BCUT2D eigenvalue weighted by Crippen LogP contribution is 2.40. The molecule has 6 nitrogen and oxygen atoms in total. The van der Waals surface area contributed by atoms with E-state index in [1.807, 2.05) is 6.07 Å². The Balaban J connectivity index is 1.75. The molecule has 1 aromatic heterocycles. The van der Waals surface area contributed by atoms with E-state index in [2.05, 4.69) is 39.6 Å². The van der Waals surface area contributed by atoms with Crippen molar-refractivity contribution in [2.24, 2.45) is 0 Å². The van der Waals surface area contributed by atoms with Crippen LogP contribution in [0.25, 0.3) is 0 Å². The Morgan fingerprint density at radius 1 is 1.15 bits per heavy atom. The van der Waals surface area contributed by atoms with Crippen molar-refractivity contribution in [1.29, 1.82) is 0 Å². The molecule has 0 bridgehead atoms. The molecule has 0 amide bonds. The van der Waals surface area contributed by atoms with E-state index in [1.165, 1.54) is 0 Å². The highest BCUT2D eigenvalue weighted by Gasteiger charge is 2.26. The van der Waals surface area contributed by atoms with Crippen molar-refractivity contribution in [3.8, 4) is 5.75 Å². The van der Waals surface area contributed by atoms with Crippen molar-refractivity contribution in [3.63, 3.8) is 0 Å². The number of rotatable bonds is 8. The minimum Gasteiger partial charge on any atom is -0.505 e. The maximum Gasteiger partial charge on any atom is 0.224 e. The van der Waals surface area contributed by atoms with E-state index in [0.29, 0.717) is 23.4 Å². The van der Waals surface area contributed by atoms with E-state index in [0.717, 1.165) is 38.0 Å². The number of hydrogen-bond acceptors (Lipinski definition) is 6. The molecule has 2 aromatic rings. The summed E-state index contributed by atoms with van der Waals surface area (Å²) in [5, 5.41) is 16.6. The van der Waals surface area contributed by atoms with Gasteiger partial charge in [-0.05, 0) is 52.0 Å². The van der Waals surface area contributed by atoms with Crippen molar-refractivity contribution >= 4 is 40.7 Å². The first-order chi connectivity index (χ1) is 12.4. The van der Waals surface area contributed by atoms with E-state index in [4.69, 9.17) is 23.2 Å². The largest absolute Gasteiger partial charge is 0.505 e. The van der Waals surface area contributed by atoms with Gasteiger partial charge in [0.1, 0.15) is 5.82 Å². The molecule has 26 heavy (non-hydrogen) atoms. The van der Waals surface area contributed by atoms with Crippen LogP contribution in [0.4, 0.5) is 17.5 Å². The van der Waals surface area contributed by atoms with Gasteiger partial charge in [-0.3, -0.25) is 0 Å². The third-order valence-corrected chi connectivity index (χ3v) is 4.67. The van der Waals surface area contributed by atoms with Gasteiger partial charge in [0.2, 0.25) is 5.95 Å². The number of nitrogens with zero attached hydrogens (tertiary/aromatic N) is 3. The summed E-state index contributed by atoms with van der Waals surface area (Å²) in [6.45, 7) is 1.81. The highest BCUT2D eigenvalue weighted by molar-refractivity contribution is 6.37. The normalized spacial score (nSPS) is 13.9. The fourth-order valence-electron chi connectivity index (χ4n) is 2.58. The molecule has 3 N–H and O–H groups in total. The van der Waals surface area contributed by atoms with Crippen LogP contribution < -0.4 is 10.6 Å². The van der Waals surface area contributed by atoms with Gasteiger partial charge in [-0.15, -0.1) is 0 Å². The van der Waals surface area contributed by atoms with Gasteiger partial charge in [-0.2, -0.15) is 4.98 Å². The number of hydrogen-bond donors (Lipinski definition) is 3. The molecular weight excluding hydrogens is 373 g/mol. The van der Waals surface area contributed by atoms with Gasteiger partial charge in [-0.1, -0.05) is 23.2 Å². The van der Waals surface area contributed by atoms with Crippen LogP contribution in [0.2, 0.25) is 10.0 Å². The van der Waals surface area contributed by atoms with Crippen molar-refractivity contribution < 1.29 is 5.11 Å². The molecular formula is C18H23Cl2N5O. The Hall–Kier alpha value is -1.76. The van der Waals surface area contributed by atoms with Crippen LogP contribution in [-0.4, -0.2) is 47.2 Å². The second-order valence-corrected chi connectivity index (χ2v) is 7.59. The van der Waals surface area contributed by atoms with Gasteiger partial charge in [0, 0.05) is 24.2 Å². The number of benzene rings is 1. The maximum atomic E-state index is 9.69. The Morgan fingerprint density at radius 3 is 2.46 bits per heavy atom. The smallest absolute Gasteiger partial charge is 0.224 e. The number of halogens is 2. The Bertz CT molecular complexity index is 757. The van der Waals surface area contributed by atoms with E-state index in [-0.39, 0.29) is 15.8 Å². The second-order valence-electron chi connectivity index (χ2n) is 6.77. The fraction of sp³-hybridized carbons (Fsp3) is 0.444. The van der Waals surface area contributed by atoms with Gasteiger partial charge >= 0.3 is 0 Å².